The maximum atomic E-state index is 4.62. The number of benzene rings is 2. The highest BCUT2D eigenvalue weighted by atomic mass is 15.3. The molecule has 0 aliphatic carbocycles. The van der Waals surface area contributed by atoms with Gasteiger partial charge in [-0.15, -0.1) is 0 Å². The number of hydrogen-bond acceptors (Lipinski definition) is 2. The van der Waals surface area contributed by atoms with E-state index in [9.17, 15) is 0 Å². The average Bonchev–Trinajstić information content (AvgIpc) is 3.20. The molecule has 0 aliphatic heterocycles. The van der Waals surface area contributed by atoms with Crippen LogP contribution in [0, 0.1) is 0 Å². The van der Waals surface area contributed by atoms with Gasteiger partial charge in [0.15, 0.2) is 0 Å². The van der Waals surface area contributed by atoms with E-state index in [4.69, 9.17) is 0 Å². The second kappa shape index (κ2) is 6.60. The van der Waals surface area contributed by atoms with Crippen LogP contribution in [0.1, 0.15) is 50.2 Å². The average molecular weight is 346 g/mol. The van der Waals surface area contributed by atoms with Crippen molar-refractivity contribution in [2.24, 2.45) is 7.05 Å². The van der Waals surface area contributed by atoms with Crippen LogP contribution in [0.15, 0.2) is 48.8 Å². The Bertz CT molecular complexity index is 1050. The molecule has 2 aromatic carbocycles. The van der Waals surface area contributed by atoms with E-state index < -0.39 is 0 Å². The molecule has 0 fully saturated rings. The summed E-state index contributed by atoms with van der Waals surface area (Å²) in [6.45, 7) is 7.68. The van der Waals surface area contributed by atoms with E-state index in [1.165, 1.54) is 27.4 Å². The van der Waals surface area contributed by atoms with Crippen molar-refractivity contribution < 1.29 is 0 Å². The first-order valence-electron chi connectivity index (χ1n) is 9.40. The van der Waals surface area contributed by atoms with Crippen molar-refractivity contribution in [2.45, 2.75) is 45.6 Å². The molecule has 0 spiro atoms. The zero-order chi connectivity index (χ0) is 18.3. The molecular weight excluding hydrogens is 320 g/mol. The summed E-state index contributed by atoms with van der Waals surface area (Å²) in [4.78, 5) is 0. The number of fused-ring (bicyclic) bond motifs is 2. The molecule has 0 aliphatic rings. The third-order valence-corrected chi connectivity index (χ3v) is 5.32. The summed E-state index contributed by atoms with van der Waals surface area (Å²) in [7, 11) is 1.97. The first kappa shape index (κ1) is 16.8. The van der Waals surface area contributed by atoms with Gasteiger partial charge in [0.25, 0.3) is 0 Å². The maximum absolute atomic E-state index is 4.62. The van der Waals surface area contributed by atoms with E-state index in [0.29, 0.717) is 11.8 Å². The van der Waals surface area contributed by atoms with Gasteiger partial charge >= 0.3 is 0 Å². The Morgan fingerprint density at radius 3 is 2.54 bits per heavy atom. The van der Waals surface area contributed by atoms with E-state index in [2.05, 4.69) is 78.2 Å². The van der Waals surface area contributed by atoms with Gasteiger partial charge in [-0.25, -0.2) is 0 Å². The fraction of sp³-hybridized carbons (Fsp3) is 0.364. The Labute approximate surface area is 154 Å². The van der Waals surface area contributed by atoms with Crippen LogP contribution in [0.4, 0.5) is 0 Å². The molecule has 0 radical (unpaired) electrons. The van der Waals surface area contributed by atoms with E-state index in [1.54, 1.807) is 0 Å². The molecule has 0 amide bonds. The number of aryl methyl sites for hydroxylation is 2. The van der Waals surface area contributed by atoms with Crippen LogP contribution in [0.3, 0.4) is 0 Å². The van der Waals surface area contributed by atoms with Crippen LogP contribution in [-0.2, 0) is 13.6 Å². The van der Waals surface area contributed by atoms with Crippen LogP contribution < -0.4 is 0 Å². The van der Waals surface area contributed by atoms with Crippen molar-refractivity contribution in [1.29, 1.82) is 0 Å². The quantitative estimate of drug-likeness (QED) is 0.495. The minimum atomic E-state index is 0.480. The standard InChI is InChI=1S/C22H26N4/c1-15(2)17-6-8-22-19(11-17)13-23-26(22)10-9-16(3)18-5-7-21-20(12-18)14-25(4)24-21/h5-8,11-16H,9-10H2,1-4H3. The van der Waals surface area contributed by atoms with Crippen molar-refractivity contribution in [1.82, 2.24) is 19.6 Å². The number of aromatic nitrogens is 4. The van der Waals surface area contributed by atoms with Crippen molar-refractivity contribution >= 4 is 21.8 Å². The van der Waals surface area contributed by atoms with Crippen molar-refractivity contribution in [2.75, 3.05) is 0 Å². The molecule has 4 rings (SSSR count). The van der Waals surface area contributed by atoms with Gasteiger partial charge in [-0.3, -0.25) is 9.36 Å². The van der Waals surface area contributed by atoms with Crippen LogP contribution in [0.5, 0.6) is 0 Å². The van der Waals surface area contributed by atoms with Gasteiger partial charge in [-0.1, -0.05) is 32.9 Å². The first-order chi connectivity index (χ1) is 12.5. The maximum Gasteiger partial charge on any atom is 0.0923 e. The third kappa shape index (κ3) is 3.12. The molecule has 0 saturated carbocycles. The Morgan fingerprint density at radius 2 is 1.73 bits per heavy atom. The largest absolute Gasteiger partial charge is 0.275 e. The molecule has 0 bridgehead atoms. The molecular formula is C22H26N4. The lowest BCUT2D eigenvalue weighted by Gasteiger charge is -2.13. The Morgan fingerprint density at radius 1 is 0.962 bits per heavy atom. The van der Waals surface area contributed by atoms with Gasteiger partial charge in [0, 0.05) is 30.6 Å². The summed E-state index contributed by atoms with van der Waals surface area (Å²) in [5, 5.41) is 11.5. The first-order valence-corrected chi connectivity index (χ1v) is 9.40. The van der Waals surface area contributed by atoms with Crippen molar-refractivity contribution in [3.05, 3.63) is 59.9 Å². The predicted octanol–water partition coefficient (Wildman–Crippen LogP) is 5.24. The molecule has 1 unspecified atom stereocenters. The van der Waals surface area contributed by atoms with Crippen LogP contribution >= 0.6 is 0 Å². The van der Waals surface area contributed by atoms with Crippen LogP contribution in [0.2, 0.25) is 0 Å². The monoisotopic (exact) mass is 346 g/mol. The van der Waals surface area contributed by atoms with Gasteiger partial charge < -0.3 is 0 Å². The molecule has 0 saturated heterocycles. The van der Waals surface area contributed by atoms with Gasteiger partial charge in [0.05, 0.1) is 17.2 Å². The minimum Gasteiger partial charge on any atom is -0.275 e. The number of hydrogen-bond donors (Lipinski definition) is 0. The molecule has 26 heavy (non-hydrogen) atoms. The second-order valence-electron chi connectivity index (χ2n) is 7.65. The SMILES string of the molecule is CC(C)c1ccc2c(cnn2CCC(C)c2ccc3nn(C)cc3c2)c1. The lowest BCUT2D eigenvalue weighted by atomic mass is 9.97. The van der Waals surface area contributed by atoms with Gasteiger partial charge in [-0.05, 0) is 53.6 Å². The van der Waals surface area contributed by atoms with E-state index in [0.717, 1.165) is 18.5 Å². The minimum absolute atomic E-state index is 0.480. The molecule has 2 aromatic heterocycles. The smallest absolute Gasteiger partial charge is 0.0923 e. The highest BCUT2D eigenvalue weighted by Gasteiger charge is 2.10. The highest BCUT2D eigenvalue weighted by molar-refractivity contribution is 5.80. The van der Waals surface area contributed by atoms with Gasteiger partial charge in [0.1, 0.15) is 0 Å². The zero-order valence-corrected chi connectivity index (χ0v) is 16.0. The van der Waals surface area contributed by atoms with E-state index in [-0.39, 0.29) is 0 Å². The Kier molecular flexibility index (Phi) is 4.27. The fourth-order valence-electron chi connectivity index (χ4n) is 3.60. The molecule has 1 atom stereocenters. The zero-order valence-electron chi connectivity index (χ0n) is 16.0. The molecule has 0 N–H and O–H groups in total. The van der Waals surface area contributed by atoms with Crippen LogP contribution in [-0.4, -0.2) is 19.6 Å². The summed E-state index contributed by atoms with van der Waals surface area (Å²) in [6.07, 6.45) is 5.14. The van der Waals surface area contributed by atoms with Gasteiger partial charge in [-0.2, -0.15) is 10.2 Å². The molecule has 4 aromatic rings. The van der Waals surface area contributed by atoms with Crippen molar-refractivity contribution in [3.8, 4) is 0 Å². The Hall–Kier alpha value is -2.62. The van der Waals surface area contributed by atoms with E-state index in [1.807, 2.05) is 17.9 Å². The summed E-state index contributed by atoms with van der Waals surface area (Å²) in [6, 6.07) is 13.3. The normalized spacial score (nSPS) is 13.1. The molecule has 4 nitrogen and oxygen atoms in total. The lowest BCUT2D eigenvalue weighted by Crippen LogP contribution is -2.04. The Balaban J connectivity index is 1.51. The van der Waals surface area contributed by atoms with Crippen LogP contribution in [0.25, 0.3) is 21.8 Å². The van der Waals surface area contributed by atoms with Crippen molar-refractivity contribution in [3.63, 3.8) is 0 Å². The van der Waals surface area contributed by atoms with E-state index >= 15 is 0 Å². The fourth-order valence-corrected chi connectivity index (χ4v) is 3.60. The molecule has 4 heteroatoms. The lowest BCUT2D eigenvalue weighted by molar-refractivity contribution is 0.546. The molecule has 2 heterocycles. The summed E-state index contributed by atoms with van der Waals surface area (Å²) in [5.74, 6) is 1.03. The summed E-state index contributed by atoms with van der Waals surface area (Å²) in [5.41, 5.74) is 5.02. The molecule has 134 valence electrons. The summed E-state index contributed by atoms with van der Waals surface area (Å²) >= 11 is 0. The third-order valence-electron chi connectivity index (χ3n) is 5.32. The highest BCUT2D eigenvalue weighted by Crippen LogP contribution is 2.25. The second-order valence-corrected chi connectivity index (χ2v) is 7.65. The predicted molar refractivity (Wildman–Crippen MR) is 108 cm³/mol. The number of nitrogens with zero attached hydrogens (tertiary/aromatic N) is 4. The topological polar surface area (TPSA) is 35.6 Å². The number of rotatable bonds is 5. The van der Waals surface area contributed by atoms with Gasteiger partial charge in [0.2, 0.25) is 0 Å². The summed E-state index contributed by atoms with van der Waals surface area (Å²) < 4.78 is 4.01.